The van der Waals surface area contributed by atoms with Crippen molar-refractivity contribution in [3.8, 4) is 0 Å². The minimum absolute atomic E-state index is 0.157. The summed E-state index contributed by atoms with van der Waals surface area (Å²) in [6.07, 6.45) is 13.3. The summed E-state index contributed by atoms with van der Waals surface area (Å²) in [5, 5.41) is 8.97. The second-order valence-corrected chi connectivity index (χ2v) is 12.8. The summed E-state index contributed by atoms with van der Waals surface area (Å²) in [6, 6.07) is 15.1. The fourth-order valence-corrected chi connectivity index (χ4v) is 6.83. The Morgan fingerprint density at radius 1 is 1.05 bits per heavy atom. The molecule has 0 bridgehead atoms. The molecule has 1 aliphatic carbocycles. The Kier molecular flexibility index (Phi) is 8.28. The lowest BCUT2D eigenvalue weighted by molar-refractivity contribution is -0.0367. The topological polar surface area (TPSA) is 72.3 Å². The molecule has 0 spiro atoms. The van der Waals surface area contributed by atoms with E-state index in [1.54, 1.807) is 12.1 Å². The molecule has 0 radical (unpaired) electrons. The summed E-state index contributed by atoms with van der Waals surface area (Å²) < 4.78 is 23.2. The molecule has 1 saturated carbocycles. The molecule has 2 aromatic heterocycles. The number of benzene rings is 2. The molecule has 1 N–H and O–H groups in total. The van der Waals surface area contributed by atoms with Crippen molar-refractivity contribution in [2.24, 2.45) is 0 Å². The third-order valence-corrected chi connectivity index (χ3v) is 9.45. The number of halogens is 1. The number of ether oxygens (including phenoxy) is 1. The molecule has 43 heavy (non-hydrogen) atoms. The standard InChI is InChI=1S/C34H36FN5O2S/c35-29-7-5-6-28(34(41)37-25-11-12-25)33(29)43-26-14-15-27-30(38-40(31(27)20-26)32-8-1-4-19-42-32)16-13-24-10-9-23(21-36-24)22-39-17-2-3-18-39/h5-7,9-10,13-16,20-21,25,32H,1-4,8,11-12,17-19,22H2,(H,37,41)/b16-13+. The zero-order chi connectivity index (χ0) is 29.2. The summed E-state index contributed by atoms with van der Waals surface area (Å²) in [5.74, 6) is -0.628. The zero-order valence-corrected chi connectivity index (χ0v) is 25.0. The Morgan fingerprint density at radius 3 is 2.70 bits per heavy atom. The maximum Gasteiger partial charge on any atom is 0.252 e. The number of amides is 1. The molecule has 3 fully saturated rings. The van der Waals surface area contributed by atoms with E-state index in [1.807, 2.05) is 41.2 Å². The first-order chi connectivity index (χ1) is 21.1. The van der Waals surface area contributed by atoms with Gasteiger partial charge >= 0.3 is 0 Å². The van der Waals surface area contributed by atoms with E-state index in [4.69, 9.17) is 9.84 Å². The van der Waals surface area contributed by atoms with Gasteiger partial charge in [0.15, 0.2) is 6.23 Å². The molecule has 1 unspecified atom stereocenters. The van der Waals surface area contributed by atoms with Crippen LogP contribution in [0.4, 0.5) is 4.39 Å². The number of fused-ring (bicyclic) bond motifs is 1. The first-order valence-electron chi connectivity index (χ1n) is 15.4. The average Bonchev–Trinajstić information content (AvgIpc) is 3.55. The minimum Gasteiger partial charge on any atom is -0.356 e. The normalized spacial score (nSPS) is 19.4. The van der Waals surface area contributed by atoms with E-state index in [1.165, 1.54) is 49.3 Å². The fourth-order valence-electron chi connectivity index (χ4n) is 5.86. The summed E-state index contributed by atoms with van der Waals surface area (Å²) in [5.41, 5.74) is 4.23. The molecule has 7 nitrogen and oxygen atoms in total. The van der Waals surface area contributed by atoms with Crippen LogP contribution in [0.5, 0.6) is 0 Å². The molecule has 2 aromatic carbocycles. The van der Waals surface area contributed by atoms with Crippen molar-refractivity contribution in [3.05, 3.63) is 83.1 Å². The largest absolute Gasteiger partial charge is 0.356 e. The van der Waals surface area contributed by atoms with Crippen LogP contribution >= 0.6 is 11.8 Å². The smallest absolute Gasteiger partial charge is 0.252 e. The van der Waals surface area contributed by atoms with Crippen molar-refractivity contribution in [2.45, 2.75) is 73.6 Å². The van der Waals surface area contributed by atoms with Gasteiger partial charge in [-0.25, -0.2) is 9.07 Å². The van der Waals surface area contributed by atoms with Gasteiger partial charge in [0.05, 0.1) is 27.4 Å². The van der Waals surface area contributed by atoms with Crippen LogP contribution in [-0.4, -0.2) is 51.3 Å². The Labute approximate surface area is 255 Å². The highest BCUT2D eigenvalue weighted by molar-refractivity contribution is 7.99. The van der Waals surface area contributed by atoms with E-state index in [0.29, 0.717) is 17.1 Å². The molecule has 2 aliphatic heterocycles. The molecule has 1 amide bonds. The first kappa shape index (κ1) is 28.3. The van der Waals surface area contributed by atoms with E-state index in [2.05, 4.69) is 27.3 Å². The molecule has 222 valence electrons. The van der Waals surface area contributed by atoms with Crippen molar-refractivity contribution in [1.82, 2.24) is 25.0 Å². The molecule has 1 atom stereocenters. The summed E-state index contributed by atoms with van der Waals surface area (Å²) in [4.78, 5) is 21.2. The number of hydrogen-bond donors (Lipinski definition) is 1. The van der Waals surface area contributed by atoms with Crippen molar-refractivity contribution in [2.75, 3.05) is 19.7 Å². The quantitative estimate of drug-likeness (QED) is 0.222. The number of carbonyl (C=O) groups is 1. The van der Waals surface area contributed by atoms with Crippen LogP contribution in [0.1, 0.15) is 78.5 Å². The van der Waals surface area contributed by atoms with E-state index in [9.17, 15) is 4.79 Å². The molecule has 2 saturated heterocycles. The minimum atomic E-state index is -0.403. The monoisotopic (exact) mass is 597 g/mol. The second-order valence-electron chi connectivity index (χ2n) is 11.7. The lowest BCUT2D eigenvalue weighted by Crippen LogP contribution is -2.26. The number of nitrogens with one attached hydrogen (secondary N) is 1. The van der Waals surface area contributed by atoms with Crippen molar-refractivity contribution >= 4 is 40.7 Å². The molecule has 4 heterocycles. The number of hydrogen-bond acceptors (Lipinski definition) is 6. The average molecular weight is 598 g/mol. The lowest BCUT2D eigenvalue weighted by Gasteiger charge is -2.23. The van der Waals surface area contributed by atoms with Crippen LogP contribution < -0.4 is 5.32 Å². The fraction of sp³-hybridized carbons (Fsp3) is 0.382. The van der Waals surface area contributed by atoms with Crippen LogP contribution in [0, 0.1) is 5.82 Å². The van der Waals surface area contributed by atoms with Crippen molar-refractivity contribution in [3.63, 3.8) is 0 Å². The lowest BCUT2D eigenvalue weighted by atomic mass is 10.1. The Bertz CT molecular complexity index is 1640. The summed E-state index contributed by atoms with van der Waals surface area (Å²) in [6.45, 7) is 3.99. The molecule has 3 aliphatic rings. The third-order valence-electron chi connectivity index (χ3n) is 8.34. The van der Waals surface area contributed by atoms with E-state index < -0.39 is 5.82 Å². The molecular formula is C34H36FN5O2S. The Hall–Kier alpha value is -3.53. The van der Waals surface area contributed by atoms with Gasteiger partial charge in [-0.05, 0) is 112 Å². The van der Waals surface area contributed by atoms with Gasteiger partial charge in [-0.2, -0.15) is 5.10 Å². The third kappa shape index (κ3) is 6.54. The summed E-state index contributed by atoms with van der Waals surface area (Å²) in [7, 11) is 0. The van der Waals surface area contributed by atoms with Crippen molar-refractivity contribution in [1.29, 1.82) is 0 Å². The van der Waals surface area contributed by atoms with E-state index in [-0.39, 0.29) is 18.2 Å². The van der Waals surface area contributed by atoms with Gasteiger partial charge in [-0.3, -0.25) is 14.7 Å². The van der Waals surface area contributed by atoms with Gasteiger partial charge in [0.1, 0.15) is 5.82 Å². The van der Waals surface area contributed by atoms with Crippen LogP contribution in [-0.2, 0) is 11.3 Å². The number of carbonyl (C=O) groups excluding carboxylic acids is 1. The van der Waals surface area contributed by atoms with Gasteiger partial charge in [0.25, 0.3) is 5.91 Å². The van der Waals surface area contributed by atoms with Crippen LogP contribution in [0.25, 0.3) is 23.1 Å². The van der Waals surface area contributed by atoms with Gasteiger partial charge in [-0.1, -0.05) is 23.9 Å². The SMILES string of the molecule is O=C(NC1CC1)c1cccc(F)c1Sc1ccc2c(/C=C/c3ccc(CN4CCCC4)cn3)nn(C3CCCCO3)c2c1. The first-order valence-corrected chi connectivity index (χ1v) is 16.2. The number of rotatable bonds is 9. The van der Waals surface area contributed by atoms with Crippen LogP contribution in [0.3, 0.4) is 0 Å². The number of pyridine rings is 1. The molecule has 7 rings (SSSR count). The predicted octanol–water partition coefficient (Wildman–Crippen LogP) is 7.08. The van der Waals surface area contributed by atoms with Crippen molar-refractivity contribution < 1.29 is 13.9 Å². The van der Waals surface area contributed by atoms with Gasteiger partial charge in [0, 0.05) is 35.7 Å². The highest BCUT2D eigenvalue weighted by Gasteiger charge is 2.26. The number of likely N-dealkylation sites (tertiary alicyclic amines) is 1. The van der Waals surface area contributed by atoms with E-state index in [0.717, 1.165) is 65.8 Å². The Balaban J connectivity index is 1.17. The van der Waals surface area contributed by atoms with Crippen LogP contribution in [0.2, 0.25) is 0 Å². The zero-order valence-electron chi connectivity index (χ0n) is 24.2. The highest BCUT2D eigenvalue weighted by Crippen LogP contribution is 2.37. The van der Waals surface area contributed by atoms with Gasteiger partial charge in [0.2, 0.25) is 0 Å². The Morgan fingerprint density at radius 2 is 1.93 bits per heavy atom. The molecule has 4 aromatic rings. The summed E-state index contributed by atoms with van der Waals surface area (Å²) >= 11 is 1.27. The molecular weight excluding hydrogens is 561 g/mol. The molecule has 9 heteroatoms. The predicted molar refractivity (Wildman–Crippen MR) is 167 cm³/mol. The van der Waals surface area contributed by atoms with E-state index >= 15 is 4.39 Å². The number of aromatic nitrogens is 3. The maximum atomic E-state index is 15.1. The second kappa shape index (κ2) is 12.6. The van der Waals surface area contributed by atoms with Crippen LogP contribution in [0.15, 0.2) is 64.5 Å². The maximum absolute atomic E-state index is 15.1. The van der Waals surface area contributed by atoms with Gasteiger partial charge in [-0.15, -0.1) is 0 Å². The highest BCUT2D eigenvalue weighted by atomic mass is 32.2. The van der Waals surface area contributed by atoms with Gasteiger partial charge < -0.3 is 10.1 Å². The number of nitrogens with zero attached hydrogens (tertiary/aromatic N) is 4.